The first-order chi connectivity index (χ1) is 9.67. The van der Waals surface area contributed by atoms with Crippen molar-refractivity contribution in [3.8, 4) is 0 Å². The van der Waals surface area contributed by atoms with E-state index in [1.807, 2.05) is 7.05 Å². The maximum absolute atomic E-state index is 12.0. The molecule has 0 bridgehead atoms. The van der Waals surface area contributed by atoms with Crippen LogP contribution in [0.1, 0.15) is 19.3 Å². The number of carbonyl (C=O) groups excluding carboxylic acids is 1. The van der Waals surface area contributed by atoms with Gasteiger partial charge in [0.15, 0.2) is 0 Å². The highest BCUT2D eigenvalue weighted by Gasteiger charge is 2.16. The Balaban J connectivity index is 2.22. The van der Waals surface area contributed by atoms with Gasteiger partial charge in [-0.05, 0) is 32.5 Å². The summed E-state index contributed by atoms with van der Waals surface area (Å²) in [6.07, 6.45) is 2.56. The van der Waals surface area contributed by atoms with Crippen LogP contribution in [0.5, 0.6) is 0 Å². The molecule has 0 aromatic carbocycles. The Morgan fingerprint density at radius 3 is 2.45 bits per heavy atom. The highest BCUT2D eigenvalue weighted by atomic mass is 16.3. The number of aliphatic hydroxyl groups is 1. The van der Waals surface area contributed by atoms with Crippen molar-refractivity contribution in [2.24, 2.45) is 5.73 Å². The van der Waals surface area contributed by atoms with Gasteiger partial charge in [0.2, 0.25) is 5.91 Å². The van der Waals surface area contributed by atoms with Gasteiger partial charge in [-0.2, -0.15) is 0 Å². The molecule has 118 valence electrons. The van der Waals surface area contributed by atoms with Crippen molar-refractivity contribution in [3.05, 3.63) is 0 Å². The first-order valence-electron chi connectivity index (χ1n) is 7.67. The summed E-state index contributed by atoms with van der Waals surface area (Å²) in [5.74, 6) is 0.204. The number of carbonyl (C=O) groups is 1. The van der Waals surface area contributed by atoms with Crippen LogP contribution in [0.15, 0.2) is 0 Å². The standard InChI is InChI=1S/C14H30N4O2/c1-16(6-2-5-15)14(20)4-9-17-7-3-8-18(11-10-17)12-13-19/h19H,2-13,15H2,1H3. The number of nitrogens with two attached hydrogens (primary N) is 1. The van der Waals surface area contributed by atoms with Gasteiger partial charge in [-0.15, -0.1) is 0 Å². The Kier molecular flexibility index (Phi) is 8.77. The molecule has 1 amide bonds. The maximum Gasteiger partial charge on any atom is 0.223 e. The molecule has 0 saturated carbocycles. The van der Waals surface area contributed by atoms with E-state index in [2.05, 4.69) is 9.80 Å². The fourth-order valence-corrected chi connectivity index (χ4v) is 2.51. The second kappa shape index (κ2) is 10.1. The zero-order chi connectivity index (χ0) is 14.8. The number of hydrogen-bond donors (Lipinski definition) is 2. The molecule has 0 aromatic rings. The van der Waals surface area contributed by atoms with E-state index in [0.29, 0.717) is 13.0 Å². The molecule has 1 rings (SSSR count). The molecule has 0 aromatic heterocycles. The predicted octanol–water partition coefficient (Wildman–Crippen LogP) is -0.816. The Hall–Kier alpha value is -0.690. The molecule has 3 N–H and O–H groups in total. The van der Waals surface area contributed by atoms with Crippen molar-refractivity contribution in [2.45, 2.75) is 19.3 Å². The van der Waals surface area contributed by atoms with E-state index >= 15 is 0 Å². The zero-order valence-electron chi connectivity index (χ0n) is 12.8. The van der Waals surface area contributed by atoms with Crippen LogP contribution in [0, 0.1) is 0 Å². The normalized spacial score (nSPS) is 17.9. The molecule has 1 aliphatic rings. The first kappa shape index (κ1) is 17.4. The third kappa shape index (κ3) is 6.65. The molecule has 1 saturated heterocycles. The molecule has 0 unspecified atom stereocenters. The molecule has 1 fully saturated rings. The van der Waals surface area contributed by atoms with Gasteiger partial charge in [0.25, 0.3) is 0 Å². The lowest BCUT2D eigenvalue weighted by Gasteiger charge is -2.22. The third-order valence-electron chi connectivity index (χ3n) is 3.86. The highest BCUT2D eigenvalue weighted by molar-refractivity contribution is 5.76. The van der Waals surface area contributed by atoms with Crippen LogP contribution in [0.4, 0.5) is 0 Å². The van der Waals surface area contributed by atoms with E-state index in [1.165, 1.54) is 0 Å². The van der Waals surface area contributed by atoms with Gasteiger partial charge < -0.3 is 20.6 Å². The second-order valence-electron chi connectivity index (χ2n) is 5.47. The minimum Gasteiger partial charge on any atom is -0.395 e. The number of β-amino-alcohol motifs (C(OH)–C–C–N with tert-alkyl or cyclic N) is 1. The number of rotatable bonds is 8. The van der Waals surface area contributed by atoms with Gasteiger partial charge in [-0.25, -0.2) is 0 Å². The van der Waals surface area contributed by atoms with Gasteiger partial charge >= 0.3 is 0 Å². The van der Waals surface area contributed by atoms with Crippen LogP contribution in [0.25, 0.3) is 0 Å². The van der Waals surface area contributed by atoms with Crippen molar-refractivity contribution in [3.63, 3.8) is 0 Å². The quantitative estimate of drug-likeness (QED) is 0.610. The van der Waals surface area contributed by atoms with Crippen molar-refractivity contribution < 1.29 is 9.90 Å². The topological polar surface area (TPSA) is 73.0 Å². The third-order valence-corrected chi connectivity index (χ3v) is 3.86. The summed E-state index contributed by atoms with van der Waals surface area (Å²) in [6, 6.07) is 0. The van der Waals surface area contributed by atoms with Gasteiger partial charge in [0.1, 0.15) is 0 Å². The van der Waals surface area contributed by atoms with Crippen LogP contribution in [-0.2, 0) is 4.79 Å². The Bertz CT molecular complexity index is 276. The van der Waals surface area contributed by atoms with Gasteiger partial charge in [-0.1, -0.05) is 0 Å². The summed E-state index contributed by atoms with van der Waals surface area (Å²) in [5, 5.41) is 8.97. The molecule has 6 nitrogen and oxygen atoms in total. The molecule has 1 heterocycles. The van der Waals surface area contributed by atoms with Crippen molar-refractivity contribution in [2.75, 3.05) is 66.0 Å². The average molecular weight is 286 g/mol. The summed E-state index contributed by atoms with van der Waals surface area (Å²) in [4.78, 5) is 18.4. The molecular weight excluding hydrogens is 256 g/mol. The molecule has 0 aliphatic carbocycles. The summed E-state index contributed by atoms with van der Waals surface area (Å²) in [6.45, 7) is 7.25. The van der Waals surface area contributed by atoms with Crippen LogP contribution in [-0.4, -0.2) is 91.7 Å². The zero-order valence-corrected chi connectivity index (χ0v) is 12.8. The summed E-state index contributed by atoms with van der Waals surface area (Å²) in [5.41, 5.74) is 5.45. The average Bonchev–Trinajstić information content (AvgIpc) is 2.68. The lowest BCUT2D eigenvalue weighted by atomic mass is 10.3. The summed E-state index contributed by atoms with van der Waals surface area (Å²) in [7, 11) is 1.85. The molecule has 0 spiro atoms. The molecule has 6 heteroatoms. The van der Waals surface area contributed by atoms with Crippen molar-refractivity contribution >= 4 is 5.91 Å². The minimum absolute atomic E-state index is 0.204. The number of hydrogen-bond acceptors (Lipinski definition) is 5. The molecule has 0 atom stereocenters. The number of nitrogens with zero attached hydrogens (tertiary/aromatic N) is 3. The second-order valence-corrected chi connectivity index (χ2v) is 5.47. The van der Waals surface area contributed by atoms with E-state index in [1.54, 1.807) is 4.90 Å². The van der Waals surface area contributed by atoms with E-state index in [-0.39, 0.29) is 12.5 Å². The first-order valence-corrected chi connectivity index (χ1v) is 7.67. The lowest BCUT2D eigenvalue weighted by Crippen LogP contribution is -2.35. The van der Waals surface area contributed by atoms with Crippen LogP contribution < -0.4 is 5.73 Å². The fraction of sp³-hybridized carbons (Fsp3) is 0.929. The SMILES string of the molecule is CN(CCCN)C(=O)CCN1CCCN(CCO)CC1. The highest BCUT2D eigenvalue weighted by Crippen LogP contribution is 2.04. The lowest BCUT2D eigenvalue weighted by molar-refractivity contribution is -0.130. The molecule has 0 radical (unpaired) electrons. The number of aliphatic hydroxyl groups excluding tert-OH is 1. The Labute approximate surface area is 122 Å². The smallest absolute Gasteiger partial charge is 0.223 e. The summed E-state index contributed by atoms with van der Waals surface area (Å²) < 4.78 is 0. The van der Waals surface area contributed by atoms with Crippen LogP contribution in [0.2, 0.25) is 0 Å². The van der Waals surface area contributed by atoms with E-state index in [0.717, 1.165) is 58.7 Å². The van der Waals surface area contributed by atoms with Gasteiger partial charge in [0, 0.05) is 46.2 Å². The van der Waals surface area contributed by atoms with E-state index in [9.17, 15) is 4.79 Å². The maximum atomic E-state index is 12.0. The predicted molar refractivity (Wildman–Crippen MR) is 80.5 cm³/mol. The van der Waals surface area contributed by atoms with Gasteiger partial charge in [0.05, 0.1) is 6.61 Å². The molecule has 20 heavy (non-hydrogen) atoms. The Morgan fingerprint density at radius 2 is 1.85 bits per heavy atom. The fourth-order valence-electron chi connectivity index (χ4n) is 2.51. The molecule has 1 aliphatic heterocycles. The van der Waals surface area contributed by atoms with E-state index in [4.69, 9.17) is 10.8 Å². The monoisotopic (exact) mass is 286 g/mol. The van der Waals surface area contributed by atoms with Crippen LogP contribution in [0.3, 0.4) is 0 Å². The molecular formula is C14H30N4O2. The minimum atomic E-state index is 0.204. The van der Waals surface area contributed by atoms with Crippen molar-refractivity contribution in [1.82, 2.24) is 14.7 Å². The largest absolute Gasteiger partial charge is 0.395 e. The van der Waals surface area contributed by atoms with Gasteiger partial charge in [-0.3, -0.25) is 9.69 Å². The number of amides is 1. The van der Waals surface area contributed by atoms with Crippen LogP contribution >= 0.6 is 0 Å². The van der Waals surface area contributed by atoms with E-state index < -0.39 is 0 Å². The Morgan fingerprint density at radius 1 is 1.20 bits per heavy atom. The van der Waals surface area contributed by atoms with Crippen molar-refractivity contribution in [1.29, 1.82) is 0 Å². The summed E-state index contributed by atoms with van der Waals surface area (Å²) >= 11 is 0.